The van der Waals surface area contributed by atoms with Crippen molar-refractivity contribution in [2.45, 2.75) is 6.92 Å². The number of benzene rings is 2. The Labute approximate surface area is 144 Å². The molecule has 0 aromatic heterocycles. The molecule has 0 fully saturated rings. The third-order valence-corrected chi connectivity index (χ3v) is 3.47. The van der Waals surface area contributed by atoms with E-state index in [-0.39, 0.29) is 12.8 Å². The molecular weight excluding hydrogens is 328 g/mol. The van der Waals surface area contributed by atoms with E-state index < -0.39 is 0 Å². The van der Waals surface area contributed by atoms with Crippen LogP contribution in [0.4, 0.5) is 11.4 Å². The number of esters is 1. The molecule has 0 aliphatic carbocycles. The second-order valence-electron chi connectivity index (χ2n) is 4.95. The van der Waals surface area contributed by atoms with Crippen LogP contribution in [0.25, 0.3) is 0 Å². The topological polar surface area (TPSA) is 68.8 Å². The highest BCUT2D eigenvalue weighted by atomic mass is 32.1. The minimum absolute atomic E-state index is 0.224. The maximum atomic E-state index is 11.8. The highest BCUT2D eigenvalue weighted by Crippen LogP contribution is 2.34. The largest absolute Gasteiger partial charge is 0.462 e. The molecule has 0 radical (unpaired) electrons. The van der Waals surface area contributed by atoms with Gasteiger partial charge < -0.3 is 24.8 Å². The lowest BCUT2D eigenvalue weighted by Crippen LogP contribution is -2.19. The maximum absolute atomic E-state index is 11.8. The Hall–Kier alpha value is -2.80. The number of carbonyl (C=O) groups excluding carboxylic acids is 1. The molecule has 2 aromatic rings. The SMILES string of the molecule is CCOC(=O)c1cccc(NC(=S)Nc2ccc3c(c2)OCO3)c1. The zero-order chi connectivity index (χ0) is 16.9. The van der Waals surface area contributed by atoms with Crippen molar-refractivity contribution < 1.29 is 19.0 Å². The van der Waals surface area contributed by atoms with Crippen molar-refractivity contribution in [1.29, 1.82) is 0 Å². The van der Waals surface area contributed by atoms with Gasteiger partial charge in [0.2, 0.25) is 6.79 Å². The molecule has 0 saturated carbocycles. The Kier molecular flexibility index (Phi) is 4.81. The van der Waals surface area contributed by atoms with Crippen molar-refractivity contribution >= 4 is 34.7 Å². The number of anilines is 2. The standard InChI is InChI=1S/C17H16N2O4S/c1-2-21-16(20)11-4-3-5-12(8-11)18-17(24)19-13-6-7-14-15(9-13)23-10-22-14/h3-9H,2,10H2,1H3,(H2,18,19,24). The van der Waals surface area contributed by atoms with Crippen LogP contribution in [0.3, 0.4) is 0 Å². The van der Waals surface area contributed by atoms with Crippen molar-refractivity contribution in [3.8, 4) is 11.5 Å². The fourth-order valence-electron chi connectivity index (χ4n) is 2.21. The number of ether oxygens (including phenoxy) is 3. The lowest BCUT2D eigenvalue weighted by atomic mass is 10.2. The number of nitrogens with one attached hydrogen (secondary N) is 2. The molecular formula is C17H16N2O4S. The molecule has 6 nitrogen and oxygen atoms in total. The molecule has 1 heterocycles. The summed E-state index contributed by atoms with van der Waals surface area (Å²) in [6.45, 7) is 2.33. The number of hydrogen-bond acceptors (Lipinski definition) is 5. The van der Waals surface area contributed by atoms with Crippen LogP contribution in [0.15, 0.2) is 42.5 Å². The van der Waals surface area contributed by atoms with Crippen molar-refractivity contribution in [2.24, 2.45) is 0 Å². The molecule has 124 valence electrons. The van der Waals surface area contributed by atoms with Gasteiger partial charge in [-0.1, -0.05) is 6.07 Å². The Bertz CT molecular complexity index is 779. The summed E-state index contributed by atoms with van der Waals surface area (Å²) in [6.07, 6.45) is 0. The number of hydrogen-bond donors (Lipinski definition) is 2. The molecule has 1 aliphatic rings. The molecule has 0 unspecified atom stereocenters. The Balaban J connectivity index is 1.64. The molecule has 0 amide bonds. The van der Waals surface area contributed by atoms with Crippen molar-refractivity contribution in [2.75, 3.05) is 24.0 Å². The van der Waals surface area contributed by atoms with Crippen LogP contribution in [-0.2, 0) is 4.74 Å². The Morgan fingerprint density at radius 3 is 2.67 bits per heavy atom. The number of fused-ring (bicyclic) bond motifs is 1. The molecule has 3 rings (SSSR count). The first-order valence-corrected chi connectivity index (χ1v) is 7.81. The summed E-state index contributed by atoms with van der Waals surface area (Å²) in [5.41, 5.74) is 1.94. The van der Waals surface area contributed by atoms with Crippen LogP contribution in [0, 0.1) is 0 Å². The average Bonchev–Trinajstić information content (AvgIpc) is 3.03. The smallest absolute Gasteiger partial charge is 0.338 e. The first-order chi connectivity index (χ1) is 11.7. The fraction of sp³-hybridized carbons (Fsp3) is 0.176. The molecule has 0 bridgehead atoms. The quantitative estimate of drug-likeness (QED) is 0.651. The van der Waals surface area contributed by atoms with Gasteiger partial charge in [-0.05, 0) is 49.5 Å². The molecule has 2 aromatic carbocycles. The second-order valence-corrected chi connectivity index (χ2v) is 5.36. The van der Waals surface area contributed by atoms with Crippen molar-refractivity contribution in [1.82, 2.24) is 0 Å². The first-order valence-electron chi connectivity index (χ1n) is 7.40. The summed E-state index contributed by atoms with van der Waals surface area (Å²) in [4.78, 5) is 11.8. The summed E-state index contributed by atoms with van der Waals surface area (Å²) in [5, 5.41) is 6.50. The highest BCUT2D eigenvalue weighted by molar-refractivity contribution is 7.80. The van der Waals surface area contributed by atoms with E-state index in [1.807, 2.05) is 24.3 Å². The van der Waals surface area contributed by atoms with Crippen LogP contribution < -0.4 is 20.1 Å². The highest BCUT2D eigenvalue weighted by Gasteiger charge is 2.13. The van der Waals surface area contributed by atoms with Gasteiger partial charge in [-0.25, -0.2) is 4.79 Å². The van der Waals surface area contributed by atoms with Crippen LogP contribution >= 0.6 is 12.2 Å². The van der Waals surface area contributed by atoms with Gasteiger partial charge in [0.25, 0.3) is 0 Å². The van der Waals surface area contributed by atoms with E-state index in [1.165, 1.54) is 0 Å². The summed E-state index contributed by atoms with van der Waals surface area (Å²) in [5.74, 6) is 1.02. The Morgan fingerprint density at radius 2 is 1.88 bits per heavy atom. The number of carbonyl (C=O) groups is 1. The first kappa shape index (κ1) is 16.1. The van der Waals surface area contributed by atoms with E-state index >= 15 is 0 Å². The third kappa shape index (κ3) is 3.75. The average molecular weight is 344 g/mol. The molecule has 0 spiro atoms. The number of rotatable bonds is 4. The molecule has 0 saturated heterocycles. The van der Waals surface area contributed by atoms with Crippen molar-refractivity contribution in [3.05, 3.63) is 48.0 Å². The van der Waals surface area contributed by atoms with Gasteiger partial charge in [0.1, 0.15) is 0 Å². The summed E-state index contributed by atoms with van der Waals surface area (Å²) < 4.78 is 15.6. The monoisotopic (exact) mass is 344 g/mol. The lowest BCUT2D eigenvalue weighted by molar-refractivity contribution is 0.0526. The zero-order valence-corrected chi connectivity index (χ0v) is 13.8. The predicted octanol–water partition coefficient (Wildman–Crippen LogP) is 3.40. The molecule has 0 atom stereocenters. The lowest BCUT2D eigenvalue weighted by Gasteiger charge is -2.12. The minimum Gasteiger partial charge on any atom is -0.462 e. The second kappa shape index (κ2) is 7.18. The Morgan fingerprint density at radius 1 is 1.12 bits per heavy atom. The summed E-state index contributed by atoms with van der Waals surface area (Å²) in [6, 6.07) is 12.4. The molecule has 2 N–H and O–H groups in total. The van der Waals surface area contributed by atoms with Gasteiger partial charge >= 0.3 is 5.97 Å². The van der Waals surface area contributed by atoms with Crippen LogP contribution in [0.2, 0.25) is 0 Å². The van der Waals surface area contributed by atoms with E-state index in [1.54, 1.807) is 25.1 Å². The molecule has 1 aliphatic heterocycles. The van der Waals surface area contributed by atoms with Crippen LogP contribution in [0.5, 0.6) is 11.5 Å². The predicted molar refractivity (Wildman–Crippen MR) is 94.8 cm³/mol. The van der Waals surface area contributed by atoms with E-state index in [0.717, 1.165) is 5.69 Å². The maximum Gasteiger partial charge on any atom is 0.338 e. The van der Waals surface area contributed by atoms with Gasteiger partial charge in [0.05, 0.1) is 12.2 Å². The van der Waals surface area contributed by atoms with Crippen LogP contribution in [0.1, 0.15) is 17.3 Å². The van der Waals surface area contributed by atoms with E-state index in [2.05, 4.69) is 10.6 Å². The normalized spacial score (nSPS) is 11.7. The third-order valence-electron chi connectivity index (χ3n) is 3.26. The fourth-order valence-corrected chi connectivity index (χ4v) is 2.44. The van der Waals surface area contributed by atoms with E-state index in [9.17, 15) is 4.79 Å². The summed E-state index contributed by atoms with van der Waals surface area (Å²) >= 11 is 5.30. The van der Waals surface area contributed by atoms with E-state index in [4.69, 9.17) is 26.4 Å². The van der Waals surface area contributed by atoms with Crippen molar-refractivity contribution in [3.63, 3.8) is 0 Å². The van der Waals surface area contributed by atoms with E-state index in [0.29, 0.717) is 34.5 Å². The van der Waals surface area contributed by atoms with Gasteiger partial charge in [-0.15, -0.1) is 0 Å². The molecule has 24 heavy (non-hydrogen) atoms. The summed E-state index contributed by atoms with van der Waals surface area (Å²) in [7, 11) is 0. The minimum atomic E-state index is -0.365. The van der Waals surface area contributed by atoms with Crippen LogP contribution in [-0.4, -0.2) is 24.5 Å². The number of thiocarbonyl (C=S) groups is 1. The van der Waals surface area contributed by atoms with Gasteiger partial charge in [0, 0.05) is 17.4 Å². The van der Waals surface area contributed by atoms with Gasteiger partial charge in [0.15, 0.2) is 16.6 Å². The zero-order valence-electron chi connectivity index (χ0n) is 13.0. The molecule has 7 heteroatoms. The van der Waals surface area contributed by atoms with Gasteiger partial charge in [-0.2, -0.15) is 0 Å². The van der Waals surface area contributed by atoms with Gasteiger partial charge in [-0.3, -0.25) is 0 Å².